The molecular weight excluding hydrogens is 428 g/mol. The molecule has 1 amide bonds. The zero-order chi connectivity index (χ0) is 21.8. The Kier molecular flexibility index (Phi) is 6.69. The lowest BCUT2D eigenvalue weighted by Crippen LogP contribution is -2.23. The van der Waals surface area contributed by atoms with Crippen LogP contribution in [0.1, 0.15) is 18.1 Å². The summed E-state index contributed by atoms with van der Waals surface area (Å²) >= 11 is 7.24. The van der Waals surface area contributed by atoms with E-state index in [1.165, 1.54) is 25.8 Å². The van der Waals surface area contributed by atoms with Crippen molar-refractivity contribution in [1.29, 1.82) is 0 Å². The molecule has 9 heteroatoms. The predicted molar refractivity (Wildman–Crippen MR) is 118 cm³/mol. The van der Waals surface area contributed by atoms with Gasteiger partial charge in [-0.05, 0) is 67.1 Å². The van der Waals surface area contributed by atoms with Gasteiger partial charge in [0.05, 0.1) is 17.7 Å². The number of nitrogens with one attached hydrogen (secondary N) is 1. The summed E-state index contributed by atoms with van der Waals surface area (Å²) in [6, 6.07) is 10.4. The Bertz CT molecular complexity index is 1070. The average Bonchev–Trinajstić information content (AvgIpc) is 3.04. The lowest BCUT2D eigenvalue weighted by Gasteiger charge is -2.14. The van der Waals surface area contributed by atoms with Crippen molar-refractivity contribution in [2.75, 3.05) is 7.11 Å². The van der Waals surface area contributed by atoms with E-state index in [9.17, 15) is 9.59 Å². The minimum absolute atomic E-state index is 0.266. The first-order valence-corrected chi connectivity index (χ1v) is 10.1. The van der Waals surface area contributed by atoms with Crippen LogP contribution in [0.15, 0.2) is 46.3 Å². The fraction of sp³-hybridized carbons (Fsp3) is 0.190. The number of methoxy groups -OCH3 is 1. The van der Waals surface area contributed by atoms with E-state index in [0.29, 0.717) is 37.8 Å². The Balaban J connectivity index is 1.83. The maximum absolute atomic E-state index is 12.3. The fourth-order valence-corrected chi connectivity index (χ4v) is 3.56. The summed E-state index contributed by atoms with van der Waals surface area (Å²) in [5, 5.41) is 12.8. The number of carboxylic acids is 1. The van der Waals surface area contributed by atoms with Crippen molar-refractivity contribution in [2.24, 2.45) is 4.99 Å². The summed E-state index contributed by atoms with van der Waals surface area (Å²) in [4.78, 5) is 28.3. The van der Waals surface area contributed by atoms with Gasteiger partial charge in [-0.1, -0.05) is 23.7 Å². The van der Waals surface area contributed by atoms with Gasteiger partial charge in [0.25, 0.3) is 5.91 Å². The molecule has 30 heavy (non-hydrogen) atoms. The Labute approximate surface area is 182 Å². The van der Waals surface area contributed by atoms with Crippen LogP contribution in [0.4, 0.5) is 5.69 Å². The second-order valence-electron chi connectivity index (χ2n) is 6.42. The van der Waals surface area contributed by atoms with Crippen LogP contribution in [0.2, 0.25) is 5.02 Å². The Morgan fingerprint density at radius 2 is 2.03 bits per heavy atom. The SMILES string of the molecule is COc1cc(/C=C2/SC(=Nc3cc(Cl)ccc3C)NC2=O)ccc1OC(C)C(=O)O. The summed E-state index contributed by atoms with van der Waals surface area (Å²) in [6.45, 7) is 3.34. The topological polar surface area (TPSA) is 97.2 Å². The number of rotatable bonds is 6. The third-order valence-electron chi connectivity index (χ3n) is 4.18. The predicted octanol–water partition coefficient (Wildman–Crippen LogP) is 4.40. The number of ether oxygens (including phenoxy) is 2. The van der Waals surface area contributed by atoms with Gasteiger partial charge in [-0.3, -0.25) is 4.79 Å². The molecule has 1 aliphatic heterocycles. The first-order chi connectivity index (χ1) is 14.3. The van der Waals surface area contributed by atoms with Crippen LogP contribution >= 0.6 is 23.4 Å². The van der Waals surface area contributed by atoms with Gasteiger partial charge in [-0.15, -0.1) is 0 Å². The first kappa shape index (κ1) is 21.7. The van der Waals surface area contributed by atoms with Gasteiger partial charge in [-0.2, -0.15) is 0 Å². The molecule has 1 aliphatic rings. The number of aliphatic imine (C=N–C) groups is 1. The molecular formula is C21H19ClN2O5S. The molecule has 1 heterocycles. The van der Waals surface area contributed by atoms with E-state index in [1.807, 2.05) is 13.0 Å². The van der Waals surface area contributed by atoms with Crippen molar-refractivity contribution in [2.45, 2.75) is 20.0 Å². The summed E-state index contributed by atoms with van der Waals surface area (Å²) in [5.41, 5.74) is 2.32. The molecule has 2 aromatic rings. The van der Waals surface area contributed by atoms with Gasteiger partial charge in [0.15, 0.2) is 22.8 Å². The van der Waals surface area contributed by atoms with Gasteiger partial charge in [0.1, 0.15) is 0 Å². The quantitative estimate of drug-likeness (QED) is 0.638. The maximum Gasteiger partial charge on any atom is 0.344 e. The highest BCUT2D eigenvalue weighted by Crippen LogP contribution is 2.33. The number of hydrogen-bond acceptors (Lipinski definition) is 6. The highest BCUT2D eigenvalue weighted by molar-refractivity contribution is 8.18. The zero-order valence-electron chi connectivity index (χ0n) is 16.4. The molecule has 3 rings (SSSR count). The van der Waals surface area contributed by atoms with Crippen molar-refractivity contribution in [1.82, 2.24) is 5.32 Å². The van der Waals surface area contributed by atoms with E-state index in [4.69, 9.17) is 26.2 Å². The average molecular weight is 447 g/mol. The molecule has 0 aliphatic carbocycles. The number of nitrogens with zero attached hydrogens (tertiary/aromatic N) is 1. The van der Waals surface area contributed by atoms with Crippen molar-refractivity contribution in [3.63, 3.8) is 0 Å². The van der Waals surface area contributed by atoms with Crippen molar-refractivity contribution in [3.05, 3.63) is 57.5 Å². The smallest absolute Gasteiger partial charge is 0.344 e. The number of carbonyl (C=O) groups is 2. The lowest BCUT2D eigenvalue weighted by molar-refractivity contribution is -0.144. The first-order valence-electron chi connectivity index (χ1n) is 8.90. The summed E-state index contributed by atoms with van der Waals surface area (Å²) < 4.78 is 10.7. The second-order valence-corrected chi connectivity index (χ2v) is 7.89. The standard InChI is InChI=1S/C21H19ClN2O5S/c1-11-4-6-14(22)10-15(11)23-21-24-19(25)18(30-21)9-13-5-7-16(17(8-13)28-3)29-12(2)20(26)27/h4-10,12H,1-3H3,(H,26,27)(H,23,24,25)/b18-9+. The maximum atomic E-state index is 12.3. The number of amides is 1. The summed E-state index contributed by atoms with van der Waals surface area (Å²) in [6.07, 6.45) is 0.674. The number of carboxylic acid groups (broad SMARTS) is 1. The van der Waals surface area contributed by atoms with Crippen LogP contribution in [-0.4, -0.2) is 35.4 Å². The van der Waals surface area contributed by atoms with Crippen LogP contribution in [0.5, 0.6) is 11.5 Å². The van der Waals surface area contributed by atoms with E-state index < -0.39 is 12.1 Å². The molecule has 2 aromatic carbocycles. The minimum atomic E-state index is -1.08. The van der Waals surface area contributed by atoms with Crippen LogP contribution in [0.3, 0.4) is 0 Å². The number of halogens is 1. The van der Waals surface area contributed by atoms with E-state index in [1.54, 1.807) is 36.4 Å². The third-order valence-corrected chi connectivity index (χ3v) is 5.33. The summed E-state index contributed by atoms with van der Waals surface area (Å²) in [7, 11) is 1.46. The number of aryl methyl sites for hydroxylation is 1. The Morgan fingerprint density at radius 1 is 1.27 bits per heavy atom. The largest absolute Gasteiger partial charge is 0.493 e. The molecule has 1 unspecified atom stereocenters. The minimum Gasteiger partial charge on any atom is -0.493 e. The normalized spacial score (nSPS) is 17.1. The molecule has 156 valence electrons. The molecule has 0 spiro atoms. The van der Waals surface area contributed by atoms with Crippen molar-refractivity contribution >= 4 is 52.2 Å². The zero-order valence-corrected chi connectivity index (χ0v) is 18.0. The van der Waals surface area contributed by atoms with Crippen LogP contribution in [-0.2, 0) is 9.59 Å². The highest BCUT2D eigenvalue weighted by Gasteiger charge is 2.24. The van der Waals surface area contributed by atoms with Gasteiger partial charge in [-0.25, -0.2) is 9.79 Å². The van der Waals surface area contributed by atoms with Gasteiger partial charge < -0.3 is 19.9 Å². The molecule has 1 saturated heterocycles. The Morgan fingerprint density at radius 3 is 2.73 bits per heavy atom. The lowest BCUT2D eigenvalue weighted by atomic mass is 10.2. The van der Waals surface area contributed by atoms with Crippen LogP contribution in [0.25, 0.3) is 6.08 Å². The van der Waals surface area contributed by atoms with E-state index in [2.05, 4.69) is 10.3 Å². The van der Waals surface area contributed by atoms with E-state index in [-0.39, 0.29) is 5.91 Å². The fourth-order valence-electron chi connectivity index (χ4n) is 2.56. The van der Waals surface area contributed by atoms with Crippen LogP contribution < -0.4 is 14.8 Å². The highest BCUT2D eigenvalue weighted by atomic mass is 35.5. The molecule has 2 N–H and O–H groups in total. The number of aliphatic carboxylic acids is 1. The molecule has 1 atom stereocenters. The van der Waals surface area contributed by atoms with E-state index in [0.717, 1.165) is 5.56 Å². The molecule has 0 saturated carbocycles. The monoisotopic (exact) mass is 446 g/mol. The number of benzene rings is 2. The third kappa shape index (κ3) is 5.14. The van der Waals surface area contributed by atoms with Crippen molar-refractivity contribution < 1.29 is 24.2 Å². The Hall–Kier alpha value is -2.97. The second kappa shape index (κ2) is 9.23. The number of carbonyl (C=O) groups excluding carboxylic acids is 1. The molecule has 0 aromatic heterocycles. The molecule has 1 fully saturated rings. The van der Waals surface area contributed by atoms with Gasteiger partial charge in [0.2, 0.25) is 0 Å². The van der Waals surface area contributed by atoms with Crippen molar-refractivity contribution in [3.8, 4) is 11.5 Å². The van der Waals surface area contributed by atoms with Crippen LogP contribution in [0, 0.1) is 6.92 Å². The number of amidine groups is 1. The number of thioether (sulfide) groups is 1. The molecule has 0 radical (unpaired) electrons. The summed E-state index contributed by atoms with van der Waals surface area (Å²) in [5.74, 6) is -0.678. The van der Waals surface area contributed by atoms with Gasteiger partial charge >= 0.3 is 5.97 Å². The molecule has 7 nitrogen and oxygen atoms in total. The van der Waals surface area contributed by atoms with Gasteiger partial charge in [0, 0.05) is 5.02 Å². The number of hydrogen-bond donors (Lipinski definition) is 2. The molecule has 0 bridgehead atoms. The van der Waals surface area contributed by atoms with E-state index >= 15 is 0 Å².